The summed E-state index contributed by atoms with van der Waals surface area (Å²) in [7, 11) is 1.84. The van der Waals surface area contributed by atoms with Crippen LogP contribution in [-0.4, -0.2) is 54.4 Å². The summed E-state index contributed by atoms with van der Waals surface area (Å²) in [5, 5.41) is 18.9. The van der Waals surface area contributed by atoms with Crippen LogP contribution in [0.5, 0.6) is 0 Å². The van der Waals surface area contributed by atoms with E-state index >= 15 is 0 Å². The van der Waals surface area contributed by atoms with Crippen molar-refractivity contribution in [2.75, 3.05) is 13.1 Å². The molecule has 1 saturated heterocycles. The number of aryl methyl sites for hydroxylation is 3. The minimum atomic E-state index is -1.01. The second kappa shape index (κ2) is 6.95. The highest BCUT2D eigenvalue weighted by atomic mass is 16.4. The minimum Gasteiger partial charge on any atom is -0.435 e. The Hall–Kier alpha value is -2.22. The molecule has 1 unspecified atom stereocenters. The molecule has 1 aliphatic rings. The van der Waals surface area contributed by atoms with Crippen molar-refractivity contribution in [1.29, 1.82) is 0 Å². The largest absolute Gasteiger partial charge is 0.435 e. The van der Waals surface area contributed by atoms with Gasteiger partial charge in [-0.1, -0.05) is 6.92 Å². The predicted molar refractivity (Wildman–Crippen MR) is 90.0 cm³/mol. The van der Waals surface area contributed by atoms with E-state index in [1.165, 1.54) is 0 Å². The molecule has 1 amide bonds. The fourth-order valence-corrected chi connectivity index (χ4v) is 3.31. The SMILES string of the molecule is CCCc1nc(C)c(C(=O)N2CCCC(O)(Cc3nncn3C)C2)o1. The van der Waals surface area contributed by atoms with Crippen molar-refractivity contribution in [3.05, 3.63) is 29.5 Å². The number of amides is 1. The highest BCUT2D eigenvalue weighted by Crippen LogP contribution is 2.26. The summed E-state index contributed by atoms with van der Waals surface area (Å²) in [6, 6.07) is 0. The van der Waals surface area contributed by atoms with Crippen LogP contribution in [0.1, 0.15) is 54.2 Å². The summed E-state index contributed by atoms with van der Waals surface area (Å²) in [5.41, 5.74) is -0.398. The van der Waals surface area contributed by atoms with E-state index in [1.54, 1.807) is 22.7 Å². The van der Waals surface area contributed by atoms with Crippen LogP contribution < -0.4 is 0 Å². The molecule has 25 heavy (non-hydrogen) atoms. The van der Waals surface area contributed by atoms with Crippen LogP contribution in [0.15, 0.2) is 10.7 Å². The highest BCUT2D eigenvalue weighted by molar-refractivity contribution is 5.92. The maximum absolute atomic E-state index is 12.8. The van der Waals surface area contributed by atoms with E-state index in [9.17, 15) is 9.90 Å². The molecule has 0 aliphatic carbocycles. The lowest BCUT2D eigenvalue weighted by Gasteiger charge is -2.38. The van der Waals surface area contributed by atoms with Gasteiger partial charge in [0.05, 0.1) is 17.8 Å². The minimum absolute atomic E-state index is 0.205. The van der Waals surface area contributed by atoms with E-state index in [1.807, 2.05) is 14.0 Å². The lowest BCUT2D eigenvalue weighted by molar-refractivity contribution is -0.0266. The zero-order valence-corrected chi connectivity index (χ0v) is 15.0. The Balaban J connectivity index is 1.74. The first-order valence-electron chi connectivity index (χ1n) is 8.72. The fraction of sp³-hybridized carbons (Fsp3) is 0.647. The van der Waals surface area contributed by atoms with Crippen molar-refractivity contribution in [3.63, 3.8) is 0 Å². The molecule has 3 heterocycles. The van der Waals surface area contributed by atoms with Gasteiger partial charge in [-0.2, -0.15) is 0 Å². The topological polar surface area (TPSA) is 97.3 Å². The molecule has 1 aliphatic heterocycles. The Labute approximate surface area is 146 Å². The van der Waals surface area contributed by atoms with Crippen LogP contribution in [0.4, 0.5) is 0 Å². The second-order valence-electron chi connectivity index (χ2n) is 6.86. The van der Waals surface area contributed by atoms with Gasteiger partial charge in [-0.3, -0.25) is 4.79 Å². The van der Waals surface area contributed by atoms with E-state index in [4.69, 9.17) is 4.42 Å². The standard InChI is InChI=1S/C17H25N5O3/c1-4-6-14-19-12(2)15(25-14)16(23)22-8-5-7-17(24,10-22)9-13-20-18-11-21(13)3/h11,24H,4-10H2,1-3H3. The average molecular weight is 347 g/mol. The molecule has 0 bridgehead atoms. The smallest absolute Gasteiger partial charge is 0.291 e. The third-order valence-corrected chi connectivity index (χ3v) is 4.63. The number of oxazole rings is 1. The number of β-amino-alcohol motifs (C(OH)–C–C–N with tert-alkyl or cyclic N) is 1. The first kappa shape index (κ1) is 17.6. The Morgan fingerprint density at radius 1 is 1.48 bits per heavy atom. The van der Waals surface area contributed by atoms with Gasteiger partial charge in [0.1, 0.15) is 12.2 Å². The molecule has 1 N–H and O–H groups in total. The Kier molecular flexibility index (Phi) is 4.89. The van der Waals surface area contributed by atoms with Crippen molar-refractivity contribution in [2.24, 2.45) is 7.05 Å². The molecule has 8 heteroatoms. The van der Waals surface area contributed by atoms with Gasteiger partial charge in [0.25, 0.3) is 5.91 Å². The molecule has 136 valence electrons. The number of nitrogens with zero attached hydrogens (tertiary/aromatic N) is 5. The molecule has 1 atom stereocenters. The van der Waals surface area contributed by atoms with Crippen molar-refractivity contribution in [1.82, 2.24) is 24.6 Å². The van der Waals surface area contributed by atoms with Crippen molar-refractivity contribution < 1.29 is 14.3 Å². The van der Waals surface area contributed by atoms with Gasteiger partial charge in [-0.05, 0) is 26.2 Å². The Morgan fingerprint density at radius 3 is 2.96 bits per heavy atom. The van der Waals surface area contributed by atoms with Gasteiger partial charge in [-0.15, -0.1) is 10.2 Å². The molecule has 1 fully saturated rings. The molecule has 0 radical (unpaired) electrons. The predicted octanol–water partition coefficient (Wildman–Crippen LogP) is 1.27. The number of carbonyl (C=O) groups excluding carboxylic acids is 1. The number of piperidine rings is 1. The first-order chi connectivity index (χ1) is 11.9. The number of likely N-dealkylation sites (tertiary alicyclic amines) is 1. The van der Waals surface area contributed by atoms with Crippen LogP contribution in [0.2, 0.25) is 0 Å². The molecule has 8 nitrogen and oxygen atoms in total. The number of aromatic nitrogens is 4. The molecule has 0 aromatic carbocycles. The average Bonchev–Trinajstić information content (AvgIpc) is 3.13. The highest BCUT2D eigenvalue weighted by Gasteiger charge is 2.38. The summed E-state index contributed by atoms with van der Waals surface area (Å²) < 4.78 is 7.44. The maximum atomic E-state index is 12.8. The van der Waals surface area contributed by atoms with E-state index in [2.05, 4.69) is 15.2 Å². The molecule has 2 aromatic rings. The molecule has 0 spiro atoms. The monoisotopic (exact) mass is 347 g/mol. The zero-order valence-electron chi connectivity index (χ0n) is 15.0. The normalized spacial score (nSPS) is 20.9. The zero-order chi connectivity index (χ0) is 18.0. The lowest BCUT2D eigenvalue weighted by Crippen LogP contribution is -2.51. The van der Waals surface area contributed by atoms with E-state index in [-0.39, 0.29) is 18.2 Å². The third kappa shape index (κ3) is 3.73. The molecule has 0 saturated carbocycles. The maximum Gasteiger partial charge on any atom is 0.291 e. The van der Waals surface area contributed by atoms with Gasteiger partial charge in [0.2, 0.25) is 5.76 Å². The van der Waals surface area contributed by atoms with Gasteiger partial charge in [0, 0.05) is 26.4 Å². The number of carbonyl (C=O) groups is 1. The summed E-state index contributed by atoms with van der Waals surface area (Å²) in [4.78, 5) is 18.8. The Morgan fingerprint density at radius 2 is 2.28 bits per heavy atom. The molecular weight excluding hydrogens is 322 g/mol. The number of aliphatic hydroxyl groups is 1. The molecular formula is C17H25N5O3. The van der Waals surface area contributed by atoms with Gasteiger partial charge in [-0.25, -0.2) is 4.98 Å². The number of rotatable bonds is 5. The van der Waals surface area contributed by atoms with Crippen molar-refractivity contribution in [3.8, 4) is 0 Å². The summed E-state index contributed by atoms with van der Waals surface area (Å²) >= 11 is 0. The summed E-state index contributed by atoms with van der Waals surface area (Å²) in [6.07, 6.45) is 4.95. The van der Waals surface area contributed by atoms with E-state index in [0.717, 1.165) is 12.8 Å². The summed E-state index contributed by atoms with van der Waals surface area (Å²) in [5.74, 6) is 1.38. The lowest BCUT2D eigenvalue weighted by atomic mass is 9.89. The van der Waals surface area contributed by atoms with Gasteiger partial charge in [0.15, 0.2) is 5.89 Å². The van der Waals surface area contributed by atoms with E-state index < -0.39 is 5.60 Å². The molecule has 2 aromatic heterocycles. The number of hydrogen-bond acceptors (Lipinski definition) is 6. The van der Waals surface area contributed by atoms with Gasteiger partial charge >= 0.3 is 0 Å². The fourth-order valence-electron chi connectivity index (χ4n) is 3.31. The van der Waals surface area contributed by atoms with Crippen molar-refractivity contribution >= 4 is 5.91 Å². The van der Waals surface area contributed by atoms with Crippen LogP contribution in [0.3, 0.4) is 0 Å². The third-order valence-electron chi connectivity index (χ3n) is 4.63. The summed E-state index contributed by atoms with van der Waals surface area (Å²) in [6.45, 7) is 4.68. The number of hydrogen-bond donors (Lipinski definition) is 1. The van der Waals surface area contributed by atoms with Crippen LogP contribution >= 0.6 is 0 Å². The quantitative estimate of drug-likeness (QED) is 0.875. The van der Waals surface area contributed by atoms with Crippen molar-refractivity contribution in [2.45, 2.75) is 51.6 Å². The first-order valence-corrected chi connectivity index (χ1v) is 8.72. The Bertz CT molecular complexity index is 753. The molecule has 3 rings (SSSR count). The van der Waals surface area contributed by atoms with E-state index in [0.29, 0.717) is 43.2 Å². The second-order valence-corrected chi connectivity index (χ2v) is 6.86. The van der Waals surface area contributed by atoms with Crippen LogP contribution in [0.25, 0.3) is 0 Å². The van der Waals surface area contributed by atoms with Gasteiger partial charge < -0.3 is 19.0 Å². The van der Waals surface area contributed by atoms with Crippen LogP contribution in [0, 0.1) is 6.92 Å². The van der Waals surface area contributed by atoms with Crippen LogP contribution in [-0.2, 0) is 19.9 Å².